The van der Waals surface area contributed by atoms with Crippen molar-refractivity contribution in [2.24, 2.45) is 11.8 Å². The molecule has 1 aromatic carbocycles. The van der Waals surface area contributed by atoms with Gasteiger partial charge < -0.3 is 9.47 Å². The molecule has 108 valence electrons. The molecule has 2 heteroatoms. The minimum absolute atomic E-state index is 0.0353. The first-order valence-electron chi connectivity index (χ1n) is 7.50. The Labute approximate surface area is 121 Å². The predicted octanol–water partition coefficient (Wildman–Crippen LogP) is 4.52. The van der Waals surface area contributed by atoms with Crippen LogP contribution in [0.4, 0.5) is 0 Å². The summed E-state index contributed by atoms with van der Waals surface area (Å²) < 4.78 is 11.7. The van der Waals surface area contributed by atoms with Crippen LogP contribution in [-0.4, -0.2) is 12.7 Å². The molecular weight excluding hydrogens is 248 g/mol. The molecule has 1 heterocycles. The molecule has 0 aromatic heterocycles. The van der Waals surface area contributed by atoms with E-state index in [1.54, 1.807) is 7.11 Å². The smallest absolute Gasteiger partial charge is 0.118 e. The van der Waals surface area contributed by atoms with E-state index in [4.69, 9.17) is 9.47 Å². The summed E-state index contributed by atoms with van der Waals surface area (Å²) in [5.74, 6) is 2.03. The van der Waals surface area contributed by atoms with Gasteiger partial charge in [0, 0.05) is 5.92 Å². The summed E-state index contributed by atoms with van der Waals surface area (Å²) in [7, 11) is 1.70. The van der Waals surface area contributed by atoms with E-state index in [2.05, 4.69) is 39.0 Å². The molecule has 1 aromatic rings. The van der Waals surface area contributed by atoms with Crippen molar-refractivity contribution in [2.45, 2.75) is 45.3 Å². The topological polar surface area (TPSA) is 18.5 Å². The first-order valence-corrected chi connectivity index (χ1v) is 7.50. The Morgan fingerprint density at radius 2 is 1.90 bits per heavy atom. The van der Waals surface area contributed by atoms with E-state index in [0.29, 0.717) is 11.8 Å². The Morgan fingerprint density at radius 1 is 1.20 bits per heavy atom. The Hall–Kier alpha value is -1.28. The van der Waals surface area contributed by atoms with Gasteiger partial charge in [0.2, 0.25) is 0 Å². The molecule has 1 aliphatic carbocycles. The highest BCUT2D eigenvalue weighted by Crippen LogP contribution is 2.53. The van der Waals surface area contributed by atoms with Gasteiger partial charge in [-0.1, -0.05) is 23.8 Å². The molecular formula is C18H24O2. The Kier molecular flexibility index (Phi) is 3.37. The van der Waals surface area contributed by atoms with E-state index in [-0.39, 0.29) is 11.7 Å². The third kappa shape index (κ3) is 2.26. The summed E-state index contributed by atoms with van der Waals surface area (Å²) in [6.07, 6.45) is 5.07. The summed E-state index contributed by atoms with van der Waals surface area (Å²) in [5.41, 5.74) is 2.73. The first-order chi connectivity index (χ1) is 9.51. The maximum absolute atomic E-state index is 6.42. The fourth-order valence-corrected chi connectivity index (χ4v) is 3.79. The van der Waals surface area contributed by atoms with Crippen LogP contribution < -0.4 is 4.74 Å². The summed E-state index contributed by atoms with van der Waals surface area (Å²) in [4.78, 5) is 0. The Morgan fingerprint density at radius 3 is 2.55 bits per heavy atom. The van der Waals surface area contributed by atoms with Gasteiger partial charge in [-0.2, -0.15) is 0 Å². The molecule has 3 atom stereocenters. The molecule has 2 aliphatic rings. The van der Waals surface area contributed by atoms with Crippen molar-refractivity contribution >= 4 is 0 Å². The average Bonchev–Trinajstić information content (AvgIpc) is 2.70. The van der Waals surface area contributed by atoms with E-state index < -0.39 is 0 Å². The lowest BCUT2D eigenvalue weighted by Crippen LogP contribution is -2.30. The zero-order valence-corrected chi connectivity index (χ0v) is 12.8. The van der Waals surface area contributed by atoms with Crippen molar-refractivity contribution in [1.82, 2.24) is 0 Å². The van der Waals surface area contributed by atoms with Gasteiger partial charge in [0.1, 0.15) is 5.75 Å². The average molecular weight is 272 g/mol. The SMILES string of the molecule is COc1ccc([C@H]2OC(C)(C)[C@@H]3CCC(C)=C[C@H]23)cc1. The van der Waals surface area contributed by atoms with Gasteiger partial charge in [-0.3, -0.25) is 0 Å². The van der Waals surface area contributed by atoms with Gasteiger partial charge in [-0.25, -0.2) is 0 Å². The van der Waals surface area contributed by atoms with Crippen LogP contribution in [0.15, 0.2) is 35.9 Å². The molecule has 0 radical (unpaired) electrons. The highest BCUT2D eigenvalue weighted by atomic mass is 16.5. The van der Waals surface area contributed by atoms with Crippen molar-refractivity contribution in [2.75, 3.05) is 7.11 Å². The number of allylic oxidation sites excluding steroid dienone is 1. The number of ether oxygens (including phenoxy) is 2. The summed E-state index contributed by atoms with van der Waals surface area (Å²) >= 11 is 0. The molecule has 0 saturated carbocycles. The second-order valence-corrected chi connectivity index (χ2v) is 6.65. The van der Waals surface area contributed by atoms with Crippen LogP contribution in [0.1, 0.15) is 45.3 Å². The van der Waals surface area contributed by atoms with Crippen molar-refractivity contribution in [3.63, 3.8) is 0 Å². The number of rotatable bonds is 2. The van der Waals surface area contributed by atoms with Crippen LogP contribution in [0.25, 0.3) is 0 Å². The second kappa shape index (κ2) is 4.92. The predicted molar refractivity (Wildman–Crippen MR) is 80.9 cm³/mol. The molecule has 0 unspecified atom stereocenters. The van der Waals surface area contributed by atoms with Crippen molar-refractivity contribution in [3.8, 4) is 5.75 Å². The van der Waals surface area contributed by atoms with Crippen molar-refractivity contribution in [1.29, 1.82) is 0 Å². The van der Waals surface area contributed by atoms with Crippen LogP contribution >= 0.6 is 0 Å². The minimum Gasteiger partial charge on any atom is -0.497 e. The number of hydrogen-bond donors (Lipinski definition) is 0. The van der Waals surface area contributed by atoms with Crippen LogP contribution in [0.2, 0.25) is 0 Å². The number of fused-ring (bicyclic) bond motifs is 1. The van der Waals surface area contributed by atoms with Gasteiger partial charge >= 0.3 is 0 Å². The van der Waals surface area contributed by atoms with Gasteiger partial charge in [-0.05, 0) is 57.2 Å². The quantitative estimate of drug-likeness (QED) is 0.737. The molecule has 1 saturated heterocycles. The molecule has 0 bridgehead atoms. The lowest BCUT2D eigenvalue weighted by atomic mass is 9.73. The lowest BCUT2D eigenvalue weighted by molar-refractivity contribution is -0.0344. The van der Waals surface area contributed by atoms with Crippen LogP contribution in [-0.2, 0) is 4.74 Å². The van der Waals surface area contributed by atoms with E-state index in [1.807, 2.05) is 12.1 Å². The molecule has 0 spiro atoms. The van der Waals surface area contributed by atoms with Crippen molar-refractivity contribution in [3.05, 3.63) is 41.5 Å². The number of hydrogen-bond acceptors (Lipinski definition) is 2. The molecule has 1 fully saturated rings. The van der Waals surface area contributed by atoms with E-state index in [0.717, 1.165) is 5.75 Å². The molecule has 2 nitrogen and oxygen atoms in total. The monoisotopic (exact) mass is 272 g/mol. The van der Waals surface area contributed by atoms with E-state index >= 15 is 0 Å². The zero-order chi connectivity index (χ0) is 14.3. The first kappa shape index (κ1) is 13.7. The maximum atomic E-state index is 6.42. The van der Waals surface area contributed by atoms with Crippen LogP contribution in [0.3, 0.4) is 0 Å². The lowest BCUT2D eigenvalue weighted by Gasteiger charge is -2.30. The minimum atomic E-state index is -0.0353. The third-order valence-electron chi connectivity index (χ3n) is 4.91. The van der Waals surface area contributed by atoms with Gasteiger partial charge in [0.15, 0.2) is 0 Å². The largest absolute Gasteiger partial charge is 0.497 e. The van der Waals surface area contributed by atoms with Crippen LogP contribution in [0.5, 0.6) is 5.75 Å². The Bertz CT molecular complexity index is 513. The highest BCUT2D eigenvalue weighted by Gasteiger charge is 2.49. The van der Waals surface area contributed by atoms with Gasteiger partial charge in [0.25, 0.3) is 0 Å². The fourth-order valence-electron chi connectivity index (χ4n) is 3.79. The molecule has 1 aliphatic heterocycles. The zero-order valence-electron chi connectivity index (χ0n) is 12.8. The van der Waals surface area contributed by atoms with Crippen LogP contribution in [0, 0.1) is 11.8 Å². The molecule has 0 N–H and O–H groups in total. The molecule has 3 rings (SSSR count). The van der Waals surface area contributed by atoms with Gasteiger partial charge in [0.05, 0.1) is 18.8 Å². The number of benzene rings is 1. The standard InChI is InChI=1S/C18H24O2/c1-12-5-10-16-15(11-12)17(20-18(16,2)3)13-6-8-14(19-4)9-7-13/h6-9,11,15-17H,5,10H2,1-4H3/t15-,16+,17+/m0/s1. The van der Waals surface area contributed by atoms with Crippen molar-refractivity contribution < 1.29 is 9.47 Å². The highest BCUT2D eigenvalue weighted by molar-refractivity contribution is 5.31. The normalized spacial score (nSPS) is 31.6. The summed E-state index contributed by atoms with van der Waals surface area (Å²) in [5, 5.41) is 0. The second-order valence-electron chi connectivity index (χ2n) is 6.65. The maximum Gasteiger partial charge on any atom is 0.118 e. The van der Waals surface area contributed by atoms with E-state index in [1.165, 1.54) is 24.0 Å². The molecule has 20 heavy (non-hydrogen) atoms. The van der Waals surface area contributed by atoms with Gasteiger partial charge in [-0.15, -0.1) is 0 Å². The summed E-state index contributed by atoms with van der Waals surface area (Å²) in [6, 6.07) is 8.33. The van der Waals surface area contributed by atoms with E-state index in [9.17, 15) is 0 Å². The summed E-state index contributed by atoms with van der Waals surface area (Å²) in [6.45, 7) is 6.72. The third-order valence-corrected chi connectivity index (χ3v) is 4.91. The Balaban J connectivity index is 1.93. The number of methoxy groups -OCH3 is 1. The molecule has 0 amide bonds. The fraction of sp³-hybridized carbons (Fsp3) is 0.556.